The van der Waals surface area contributed by atoms with E-state index in [9.17, 15) is 20.1 Å². The van der Waals surface area contributed by atoms with Gasteiger partial charge in [0.05, 0.1) is 54.8 Å². The number of pyridine rings is 1. The molecule has 0 aliphatic carbocycles. The highest BCUT2D eigenvalue weighted by Gasteiger charge is 2.51. The Morgan fingerprint density at radius 3 is 2.44 bits per heavy atom. The zero-order valence-electron chi connectivity index (χ0n) is 32.9. The zero-order chi connectivity index (χ0) is 38.4. The Balaban J connectivity index is 1.87. The van der Waals surface area contributed by atoms with Crippen molar-refractivity contribution in [3.05, 3.63) is 48.4 Å². The molecule has 3 aliphatic heterocycles. The maximum atomic E-state index is 13.9. The van der Waals surface area contributed by atoms with Gasteiger partial charge >= 0.3 is 5.97 Å². The van der Waals surface area contributed by atoms with E-state index in [-0.39, 0.29) is 37.3 Å². The summed E-state index contributed by atoms with van der Waals surface area (Å²) in [7, 11) is 3.84. The lowest BCUT2D eigenvalue weighted by atomic mass is 9.77. The number of likely N-dealkylation sites (N-methyl/N-ethyl adjacent to an activating group) is 1. The van der Waals surface area contributed by atoms with Gasteiger partial charge in [-0.1, -0.05) is 39.0 Å². The van der Waals surface area contributed by atoms with E-state index in [1.807, 2.05) is 96.2 Å². The number of hydrogen-bond acceptors (Lipinski definition) is 12. The molecule has 14 atom stereocenters. The van der Waals surface area contributed by atoms with Crippen molar-refractivity contribution < 1.29 is 43.8 Å². The number of nitrogens with zero attached hydrogens (tertiary/aromatic N) is 3. The summed E-state index contributed by atoms with van der Waals surface area (Å²) in [6, 6.07) is 5.11. The maximum Gasteiger partial charge on any atom is 0.311 e. The molecule has 12 nitrogen and oxygen atoms in total. The molecule has 2 saturated heterocycles. The summed E-state index contributed by atoms with van der Waals surface area (Å²) in [6.07, 6.45) is 4.86. The lowest BCUT2D eigenvalue weighted by molar-refractivity contribution is -0.303. The average molecular weight is 732 g/mol. The van der Waals surface area contributed by atoms with Crippen molar-refractivity contribution in [2.45, 2.75) is 141 Å². The molecule has 3 N–H and O–H groups in total. The van der Waals surface area contributed by atoms with E-state index >= 15 is 0 Å². The zero-order valence-corrected chi connectivity index (χ0v) is 32.9. The predicted molar refractivity (Wildman–Crippen MR) is 199 cm³/mol. The molecule has 0 amide bonds. The number of ether oxygens (including phenoxy) is 5. The lowest BCUT2D eigenvalue weighted by Gasteiger charge is -2.48. The first-order valence-corrected chi connectivity index (χ1v) is 19.0. The molecule has 0 aromatic carbocycles. The van der Waals surface area contributed by atoms with E-state index in [4.69, 9.17) is 23.7 Å². The summed E-state index contributed by atoms with van der Waals surface area (Å²) in [5, 5.41) is 35.8. The number of cyclic esters (lactones) is 1. The topological polar surface area (TPSA) is 143 Å². The second-order valence-corrected chi connectivity index (χ2v) is 16.0. The van der Waals surface area contributed by atoms with Gasteiger partial charge in [-0.25, -0.2) is 0 Å². The van der Waals surface area contributed by atoms with E-state index in [0.717, 1.165) is 5.69 Å². The molecule has 1 aromatic rings. The first-order chi connectivity index (χ1) is 24.5. The van der Waals surface area contributed by atoms with E-state index in [2.05, 4.69) is 16.8 Å². The van der Waals surface area contributed by atoms with E-state index in [1.165, 1.54) is 0 Å². The van der Waals surface area contributed by atoms with Crippen LogP contribution in [0.3, 0.4) is 0 Å². The Morgan fingerprint density at radius 2 is 1.79 bits per heavy atom. The molecule has 3 aliphatic rings. The van der Waals surface area contributed by atoms with Crippen molar-refractivity contribution in [2.24, 2.45) is 17.8 Å². The van der Waals surface area contributed by atoms with Gasteiger partial charge in [0, 0.05) is 30.9 Å². The number of carbonyl (C=O) groups excluding carboxylic acids is 1. The maximum absolute atomic E-state index is 13.9. The standard InChI is InChI=1S/C40H65N3O9/c1-11-32-40(8,47)36-29(6)43(19-17-30-16-12-13-18-41-30)24-25(2)23-39(7,49-21-15-14-20-48-36)35(27(4)33(44)28(5)37(46)51-32)52-38-34(45)31(42(9)10)22-26(3)50-38/h12-19,25-29,31-36,38,44-45,47H,11,20-24H2,1-10H3/b15-14-,19-17+/t25-,26-,27+,28?,29-,31+,32-,33?,34-,35-,36-,38+,39-,40-/m1/s1. The van der Waals surface area contributed by atoms with Gasteiger partial charge in [-0.2, -0.15) is 0 Å². The van der Waals surface area contributed by atoms with Crippen molar-refractivity contribution in [1.29, 1.82) is 0 Å². The average Bonchev–Trinajstić information content (AvgIpc) is 3.10. The van der Waals surface area contributed by atoms with Crippen molar-refractivity contribution in [3.63, 3.8) is 0 Å². The van der Waals surface area contributed by atoms with Gasteiger partial charge in [0.25, 0.3) is 0 Å². The number of fused-ring (bicyclic) bond motifs is 6. The molecular formula is C40H65N3O9. The first kappa shape index (κ1) is 42.3. The van der Waals surface area contributed by atoms with Crippen LogP contribution in [0.5, 0.6) is 0 Å². The van der Waals surface area contributed by atoms with Gasteiger partial charge in [-0.15, -0.1) is 0 Å². The molecule has 0 radical (unpaired) electrons. The third kappa shape index (κ3) is 10.0. The summed E-state index contributed by atoms with van der Waals surface area (Å²) in [4.78, 5) is 22.5. The molecule has 2 unspecified atom stereocenters. The van der Waals surface area contributed by atoms with Crippen LogP contribution in [0, 0.1) is 17.8 Å². The quantitative estimate of drug-likeness (QED) is 0.287. The van der Waals surface area contributed by atoms with Crippen LogP contribution >= 0.6 is 0 Å². The normalized spacial score (nSPS) is 42.4. The van der Waals surface area contributed by atoms with Crippen LogP contribution in [-0.2, 0) is 28.5 Å². The minimum Gasteiger partial charge on any atom is -0.459 e. The van der Waals surface area contributed by atoms with Crippen LogP contribution in [0.2, 0.25) is 0 Å². The number of aliphatic hydroxyl groups excluding tert-OH is 2. The summed E-state index contributed by atoms with van der Waals surface area (Å²) in [6.45, 7) is 16.0. The fraction of sp³-hybridized carbons (Fsp3) is 0.750. The van der Waals surface area contributed by atoms with E-state index in [1.54, 1.807) is 20.0 Å². The second-order valence-electron chi connectivity index (χ2n) is 16.0. The first-order valence-electron chi connectivity index (χ1n) is 19.0. The molecule has 2 bridgehead atoms. The number of hydrogen-bond donors (Lipinski definition) is 3. The number of aromatic nitrogens is 1. The fourth-order valence-corrected chi connectivity index (χ4v) is 8.33. The highest BCUT2D eigenvalue weighted by Crippen LogP contribution is 2.39. The van der Waals surface area contributed by atoms with Crippen LogP contribution in [0.4, 0.5) is 0 Å². The highest BCUT2D eigenvalue weighted by molar-refractivity contribution is 5.73. The van der Waals surface area contributed by atoms with Crippen LogP contribution < -0.4 is 0 Å². The summed E-state index contributed by atoms with van der Waals surface area (Å²) in [5.41, 5.74) is -1.87. The molecule has 294 valence electrons. The van der Waals surface area contributed by atoms with Crippen LogP contribution in [-0.4, -0.2) is 136 Å². The second kappa shape index (κ2) is 18.3. The van der Waals surface area contributed by atoms with Crippen LogP contribution in [0.15, 0.2) is 42.7 Å². The molecule has 4 rings (SSSR count). The third-order valence-electron chi connectivity index (χ3n) is 11.3. The van der Waals surface area contributed by atoms with Gasteiger partial charge in [-0.05, 0) is 92.1 Å². The molecule has 0 saturated carbocycles. The molecular weight excluding hydrogens is 666 g/mol. The number of carbonyl (C=O) groups is 1. The lowest BCUT2D eigenvalue weighted by Crippen LogP contribution is -2.60. The van der Waals surface area contributed by atoms with Gasteiger partial charge in [-0.3, -0.25) is 9.78 Å². The van der Waals surface area contributed by atoms with Crippen LogP contribution in [0.1, 0.15) is 80.3 Å². The van der Waals surface area contributed by atoms with E-state index < -0.39 is 65.8 Å². The minimum atomic E-state index is -1.61. The minimum absolute atomic E-state index is 0.0281. The molecule has 1 aromatic heterocycles. The summed E-state index contributed by atoms with van der Waals surface area (Å²) >= 11 is 0. The van der Waals surface area contributed by atoms with Gasteiger partial charge in [0.2, 0.25) is 0 Å². The van der Waals surface area contributed by atoms with Crippen molar-refractivity contribution >= 4 is 12.0 Å². The van der Waals surface area contributed by atoms with Crippen molar-refractivity contribution in [3.8, 4) is 0 Å². The monoisotopic (exact) mass is 731 g/mol. The Bertz CT molecular complexity index is 1330. The Kier molecular flexibility index (Phi) is 14.9. The van der Waals surface area contributed by atoms with E-state index in [0.29, 0.717) is 25.8 Å². The SMILES string of the molecule is CC[C@H]1OC(=O)C(C)C(O)[C@H](C)[C@@H](O[C@@H]2O[C@H](C)C[C@H](N(C)C)[C@H]2O)[C@@]2(C)C[C@@H](C)CN(/C=C/c3ccccn3)[C@H](C)[C@@H](OC/C=C\CO2)[C@]1(C)O. The fourth-order valence-electron chi connectivity index (χ4n) is 8.33. The highest BCUT2D eigenvalue weighted by atomic mass is 16.7. The Labute approximate surface area is 311 Å². The Hall–Kier alpha value is -2.42. The van der Waals surface area contributed by atoms with Gasteiger partial charge in [0.15, 0.2) is 6.29 Å². The number of rotatable bonds is 6. The molecule has 4 heterocycles. The van der Waals surface area contributed by atoms with Gasteiger partial charge in [0.1, 0.15) is 23.9 Å². The molecule has 12 heteroatoms. The smallest absolute Gasteiger partial charge is 0.311 e. The molecule has 0 spiro atoms. The summed E-state index contributed by atoms with van der Waals surface area (Å²) in [5.74, 6) is -2.33. The Morgan fingerprint density at radius 1 is 1.08 bits per heavy atom. The number of esters is 1. The molecule has 2 fully saturated rings. The predicted octanol–water partition coefficient (Wildman–Crippen LogP) is 4.03. The summed E-state index contributed by atoms with van der Waals surface area (Å²) < 4.78 is 32.4. The van der Waals surface area contributed by atoms with Gasteiger partial charge < -0.3 is 48.8 Å². The van der Waals surface area contributed by atoms with Crippen LogP contribution in [0.25, 0.3) is 6.08 Å². The third-order valence-corrected chi connectivity index (χ3v) is 11.3. The van der Waals surface area contributed by atoms with Crippen molar-refractivity contribution in [2.75, 3.05) is 33.9 Å². The van der Waals surface area contributed by atoms with Crippen molar-refractivity contribution in [1.82, 2.24) is 14.8 Å². The number of aliphatic hydroxyl groups is 3. The molecule has 52 heavy (non-hydrogen) atoms. The largest absolute Gasteiger partial charge is 0.459 e.